The van der Waals surface area contributed by atoms with Gasteiger partial charge in [0.15, 0.2) is 0 Å². The molecule has 26 heavy (non-hydrogen) atoms. The third kappa shape index (κ3) is 4.65. The monoisotopic (exact) mass is 423 g/mol. The summed E-state index contributed by atoms with van der Waals surface area (Å²) in [5.74, 6) is -0.903. The van der Waals surface area contributed by atoms with Crippen molar-refractivity contribution in [2.45, 2.75) is 6.42 Å². The predicted octanol–water partition coefficient (Wildman–Crippen LogP) is 6.57. The van der Waals surface area contributed by atoms with Crippen molar-refractivity contribution in [3.05, 3.63) is 73.0 Å². The van der Waals surface area contributed by atoms with Crippen LogP contribution in [0.25, 0.3) is 23.4 Å². The zero-order valence-electron chi connectivity index (χ0n) is 13.2. The first-order chi connectivity index (χ1) is 12.4. The zero-order valence-corrected chi connectivity index (χ0v) is 16.3. The van der Waals surface area contributed by atoms with Gasteiger partial charge in [0.1, 0.15) is 5.01 Å². The highest BCUT2D eigenvalue weighted by Crippen LogP contribution is 2.31. The zero-order chi connectivity index (χ0) is 18.7. The van der Waals surface area contributed by atoms with Crippen molar-refractivity contribution in [3.8, 4) is 11.3 Å². The fraction of sp³-hybridized carbons (Fsp3) is 0.0526. The molecule has 0 unspecified atom stereocenters. The number of thiazole rings is 1. The average molecular weight is 425 g/mol. The first-order valence-corrected chi connectivity index (χ1v) is 9.48. The van der Waals surface area contributed by atoms with E-state index in [1.54, 1.807) is 24.3 Å². The Balaban J connectivity index is 1.96. The molecule has 0 aliphatic carbocycles. The smallest absolute Gasteiger partial charge is 0.308 e. The number of hydrogen-bond acceptors (Lipinski definition) is 3. The molecule has 0 saturated carbocycles. The van der Waals surface area contributed by atoms with Gasteiger partial charge in [0, 0.05) is 25.5 Å². The number of carbonyl (C=O) groups is 1. The number of carboxylic acids is 1. The molecule has 0 fully saturated rings. The molecule has 132 valence electrons. The van der Waals surface area contributed by atoms with Crippen LogP contribution in [0.5, 0.6) is 0 Å². The summed E-state index contributed by atoms with van der Waals surface area (Å²) in [6, 6.07) is 12.4. The number of halogens is 3. The quantitative estimate of drug-likeness (QED) is 0.504. The molecule has 0 spiro atoms. The second-order valence-electron chi connectivity index (χ2n) is 5.40. The van der Waals surface area contributed by atoms with Crippen molar-refractivity contribution >= 4 is 64.3 Å². The number of nitrogens with zero attached hydrogens (tertiary/aromatic N) is 1. The van der Waals surface area contributed by atoms with E-state index in [-0.39, 0.29) is 6.42 Å². The predicted molar refractivity (Wildman–Crippen MR) is 109 cm³/mol. The van der Waals surface area contributed by atoms with E-state index in [1.165, 1.54) is 11.3 Å². The molecule has 3 nitrogen and oxygen atoms in total. The lowest BCUT2D eigenvalue weighted by Crippen LogP contribution is -1.99. The topological polar surface area (TPSA) is 50.2 Å². The summed E-state index contributed by atoms with van der Waals surface area (Å²) in [5.41, 5.74) is 2.28. The molecule has 0 atom stereocenters. The fourth-order valence-corrected chi connectivity index (χ4v) is 3.91. The van der Waals surface area contributed by atoms with Crippen LogP contribution in [0.1, 0.15) is 15.4 Å². The van der Waals surface area contributed by atoms with Crippen molar-refractivity contribution in [3.63, 3.8) is 0 Å². The van der Waals surface area contributed by atoms with Crippen LogP contribution >= 0.6 is 46.1 Å². The van der Waals surface area contributed by atoms with Gasteiger partial charge < -0.3 is 5.11 Å². The number of aromatic nitrogens is 1. The molecule has 0 bridgehead atoms. The second kappa shape index (κ2) is 8.23. The van der Waals surface area contributed by atoms with Crippen molar-refractivity contribution in [1.82, 2.24) is 4.98 Å². The summed E-state index contributed by atoms with van der Waals surface area (Å²) >= 11 is 19.3. The van der Waals surface area contributed by atoms with E-state index in [0.717, 1.165) is 11.1 Å². The summed E-state index contributed by atoms with van der Waals surface area (Å²) in [4.78, 5) is 16.4. The Morgan fingerprint density at radius 3 is 2.38 bits per heavy atom. The van der Waals surface area contributed by atoms with Gasteiger partial charge in [-0.3, -0.25) is 4.79 Å². The van der Waals surface area contributed by atoms with Crippen molar-refractivity contribution < 1.29 is 9.90 Å². The number of benzene rings is 2. The average Bonchev–Trinajstić information content (AvgIpc) is 2.97. The Kier molecular flexibility index (Phi) is 5.99. The van der Waals surface area contributed by atoms with E-state index in [2.05, 4.69) is 4.98 Å². The van der Waals surface area contributed by atoms with Crippen LogP contribution in [0, 0.1) is 0 Å². The molecule has 1 heterocycles. The molecule has 2 aromatic carbocycles. The SMILES string of the molecule is O=C(O)Cc1sc(/C=C/c2ccc(Cl)cc2Cl)nc1-c1ccc(Cl)cc1. The van der Waals surface area contributed by atoms with Crippen LogP contribution < -0.4 is 0 Å². The lowest BCUT2D eigenvalue weighted by Gasteiger charge is -2.00. The molecule has 0 aliphatic rings. The van der Waals surface area contributed by atoms with E-state index >= 15 is 0 Å². The summed E-state index contributed by atoms with van der Waals surface area (Å²) < 4.78 is 0. The normalized spacial score (nSPS) is 11.2. The Hall–Kier alpha value is -1.85. The van der Waals surface area contributed by atoms with Gasteiger partial charge in [-0.15, -0.1) is 11.3 Å². The maximum atomic E-state index is 11.2. The number of rotatable bonds is 5. The van der Waals surface area contributed by atoms with Crippen molar-refractivity contribution in [2.24, 2.45) is 0 Å². The van der Waals surface area contributed by atoms with E-state index in [9.17, 15) is 9.90 Å². The van der Waals surface area contributed by atoms with Gasteiger partial charge in [-0.1, -0.05) is 59.1 Å². The number of aliphatic carboxylic acids is 1. The van der Waals surface area contributed by atoms with Gasteiger partial charge in [0.2, 0.25) is 0 Å². The highest BCUT2D eigenvalue weighted by atomic mass is 35.5. The van der Waals surface area contributed by atoms with Gasteiger partial charge in [-0.2, -0.15) is 0 Å². The van der Waals surface area contributed by atoms with Gasteiger partial charge in [-0.25, -0.2) is 4.98 Å². The Morgan fingerprint density at radius 2 is 1.73 bits per heavy atom. The molecule has 0 saturated heterocycles. The first-order valence-electron chi connectivity index (χ1n) is 7.53. The minimum Gasteiger partial charge on any atom is -0.481 e. The molecule has 3 rings (SSSR count). The molecular weight excluding hydrogens is 413 g/mol. The standard InChI is InChI=1S/C19H12Cl3NO2S/c20-13-5-2-12(3-6-13)19-16(10-18(24)25)26-17(23-19)8-4-11-1-7-14(21)9-15(11)22/h1-9H,10H2,(H,24,25)/b8-4+. The maximum absolute atomic E-state index is 11.2. The minimum absolute atomic E-state index is 0.0921. The number of hydrogen-bond donors (Lipinski definition) is 1. The summed E-state index contributed by atoms with van der Waals surface area (Å²) in [6.07, 6.45) is 3.55. The Labute approximate surface area is 169 Å². The Morgan fingerprint density at radius 1 is 1.04 bits per heavy atom. The molecule has 1 N–H and O–H groups in total. The van der Waals surface area contributed by atoms with E-state index < -0.39 is 5.97 Å². The highest BCUT2D eigenvalue weighted by Gasteiger charge is 2.15. The van der Waals surface area contributed by atoms with Crippen molar-refractivity contribution in [2.75, 3.05) is 0 Å². The molecule has 0 radical (unpaired) electrons. The van der Waals surface area contributed by atoms with E-state index in [0.29, 0.717) is 30.6 Å². The summed E-state index contributed by atoms with van der Waals surface area (Å²) in [5, 5.41) is 11.6. The van der Waals surface area contributed by atoms with Gasteiger partial charge >= 0.3 is 5.97 Å². The fourth-order valence-electron chi connectivity index (χ4n) is 2.33. The largest absolute Gasteiger partial charge is 0.481 e. The maximum Gasteiger partial charge on any atom is 0.308 e. The first kappa shape index (κ1) is 18.9. The van der Waals surface area contributed by atoms with Crippen molar-refractivity contribution in [1.29, 1.82) is 0 Å². The van der Waals surface area contributed by atoms with Crippen LogP contribution in [-0.2, 0) is 11.2 Å². The molecule has 0 amide bonds. The van der Waals surface area contributed by atoms with Crippen LogP contribution in [0.2, 0.25) is 15.1 Å². The van der Waals surface area contributed by atoms with Crippen LogP contribution in [0.4, 0.5) is 0 Å². The summed E-state index contributed by atoms with van der Waals surface area (Å²) in [6.45, 7) is 0. The van der Waals surface area contributed by atoms with Gasteiger partial charge in [0.25, 0.3) is 0 Å². The van der Waals surface area contributed by atoms with Gasteiger partial charge in [-0.05, 0) is 35.9 Å². The van der Waals surface area contributed by atoms with Crippen LogP contribution in [-0.4, -0.2) is 16.1 Å². The van der Waals surface area contributed by atoms with Crippen LogP contribution in [0.15, 0.2) is 42.5 Å². The third-order valence-corrected chi connectivity index (χ3v) is 5.35. The van der Waals surface area contributed by atoms with E-state index in [1.807, 2.05) is 30.4 Å². The molecule has 7 heteroatoms. The molecule has 1 aromatic heterocycles. The third-order valence-electron chi connectivity index (χ3n) is 3.51. The lowest BCUT2D eigenvalue weighted by atomic mass is 10.1. The molecule has 3 aromatic rings. The highest BCUT2D eigenvalue weighted by molar-refractivity contribution is 7.13. The van der Waals surface area contributed by atoms with E-state index in [4.69, 9.17) is 34.8 Å². The van der Waals surface area contributed by atoms with Gasteiger partial charge in [0.05, 0.1) is 12.1 Å². The minimum atomic E-state index is -0.903. The van der Waals surface area contributed by atoms with Crippen LogP contribution in [0.3, 0.4) is 0 Å². The summed E-state index contributed by atoms with van der Waals surface area (Å²) in [7, 11) is 0. The molecular formula is C19H12Cl3NO2S. The lowest BCUT2D eigenvalue weighted by molar-refractivity contribution is -0.136. The second-order valence-corrected chi connectivity index (χ2v) is 7.80. The Bertz CT molecular complexity index is 981. The molecule has 0 aliphatic heterocycles. The number of carboxylic acid groups (broad SMARTS) is 1.